The SMILES string of the molecule is CCCCC(CCCC(NC(C)C)NC(C)C)(C(C)(C)C)C(C)(C)C. The molecule has 2 nitrogen and oxygen atoms in total. The molecule has 2 N–H and O–H groups in total. The number of hydrogen-bond acceptors (Lipinski definition) is 2. The minimum absolute atomic E-state index is 0.326. The van der Waals surface area contributed by atoms with E-state index in [1.54, 1.807) is 0 Å². The maximum absolute atomic E-state index is 3.71. The van der Waals surface area contributed by atoms with Gasteiger partial charge in [0, 0.05) is 12.1 Å². The predicted octanol–water partition coefficient (Wildman–Crippen LogP) is 6.75. The minimum Gasteiger partial charge on any atom is -0.300 e. The lowest BCUT2D eigenvalue weighted by Crippen LogP contribution is -2.49. The third-order valence-corrected chi connectivity index (χ3v) is 5.99. The van der Waals surface area contributed by atoms with Gasteiger partial charge in [-0.3, -0.25) is 10.6 Å². The molecular formula is C23H50N2. The highest BCUT2D eigenvalue weighted by Crippen LogP contribution is 2.57. The van der Waals surface area contributed by atoms with Gasteiger partial charge in [-0.2, -0.15) is 0 Å². The molecule has 0 unspecified atom stereocenters. The summed E-state index contributed by atoms with van der Waals surface area (Å²) in [6, 6.07) is 1.04. The van der Waals surface area contributed by atoms with Crippen molar-refractivity contribution in [3.05, 3.63) is 0 Å². The molecule has 0 atom stereocenters. The van der Waals surface area contributed by atoms with Crippen molar-refractivity contribution in [3.8, 4) is 0 Å². The highest BCUT2D eigenvalue weighted by Gasteiger charge is 2.48. The van der Waals surface area contributed by atoms with E-state index >= 15 is 0 Å². The topological polar surface area (TPSA) is 24.1 Å². The number of unbranched alkanes of at least 4 members (excludes halogenated alkanes) is 1. The van der Waals surface area contributed by atoms with E-state index < -0.39 is 0 Å². The second kappa shape index (κ2) is 10.3. The molecule has 0 aliphatic rings. The van der Waals surface area contributed by atoms with E-state index in [1.165, 1.54) is 38.5 Å². The van der Waals surface area contributed by atoms with Gasteiger partial charge in [0.1, 0.15) is 0 Å². The number of rotatable bonds is 11. The average Bonchev–Trinajstić information content (AvgIpc) is 2.38. The Bertz CT molecular complexity index is 320. The zero-order chi connectivity index (χ0) is 19.9. The van der Waals surface area contributed by atoms with E-state index in [1.807, 2.05) is 0 Å². The largest absolute Gasteiger partial charge is 0.300 e. The Morgan fingerprint density at radius 1 is 0.680 bits per heavy atom. The first-order chi connectivity index (χ1) is 11.3. The zero-order valence-electron chi connectivity index (χ0n) is 19.5. The van der Waals surface area contributed by atoms with Crippen LogP contribution in [0.25, 0.3) is 0 Å². The van der Waals surface area contributed by atoms with Crippen LogP contribution < -0.4 is 10.6 Å². The van der Waals surface area contributed by atoms with Crippen LogP contribution in [-0.2, 0) is 0 Å². The normalized spacial score (nSPS) is 14.2. The monoisotopic (exact) mass is 354 g/mol. The lowest BCUT2D eigenvalue weighted by molar-refractivity contribution is -0.0524. The molecule has 0 aromatic heterocycles. The van der Waals surface area contributed by atoms with Crippen LogP contribution in [0.3, 0.4) is 0 Å². The molecule has 0 aliphatic heterocycles. The van der Waals surface area contributed by atoms with Gasteiger partial charge in [0.2, 0.25) is 0 Å². The van der Waals surface area contributed by atoms with E-state index in [-0.39, 0.29) is 0 Å². The van der Waals surface area contributed by atoms with Crippen LogP contribution in [0.1, 0.15) is 115 Å². The summed E-state index contributed by atoms with van der Waals surface area (Å²) in [4.78, 5) is 0. The second-order valence-electron chi connectivity index (χ2n) is 10.8. The van der Waals surface area contributed by atoms with Crippen LogP contribution >= 0.6 is 0 Å². The molecular weight excluding hydrogens is 304 g/mol. The quantitative estimate of drug-likeness (QED) is 0.401. The highest BCUT2D eigenvalue weighted by molar-refractivity contribution is 4.98. The Morgan fingerprint density at radius 3 is 1.40 bits per heavy atom. The number of nitrogens with one attached hydrogen (secondary N) is 2. The van der Waals surface area contributed by atoms with Gasteiger partial charge in [0.25, 0.3) is 0 Å². The summed E-state index contributed by atoms with van der Waals surface area (Å²) in [5, 5.41) is 7.41. The van der Waals surface area contributed by atoms with E-state index in [2.05, 4.69) is 86.8 Å². The van der Waals surface area contributed by atoms with Gasteiger partial charge in [0.15, 0.2) is 0 Å². The van der Waals surface area contributed by atoms with Gasteiger partial charge < -0.3 is 0 Å². The third kappa shape index (κ3) is 7.99. The molecule has 0 bridgehead atoms. The molecule has 0 aromatic rings. The van der Waals surface area contributed by atoms with Gasteiger partial charge in [-0.05, 0) is 69.6 Å². The lowest BCUT2D eigenvalue weighted by atomic mass is 9.50. The molecule has 0 rings (SSSR count). The van der Waals surface area contributed by atoms with Crippen molar-refractivity contribution in [2.45, 2.75) is 133 Å². The van der Waals surface area contributed by atoms with E-state index in [0.29, 0.717) is 34.5 Å². The summed E-state index contributed by atoms with van der Waals surface area (Å²) in [6.07, 6.45) is 8.20. The summed E-state index contributed by atoms with van der Waals surface area (Å²) in [5.41, 5.74) is 1.04. The molecule has 0 aliphatic carbocycles. The molecule has 152 valence electrons. The molecule has 0 heterocycles. The Labute approximate surface area is 160 Å². The molecule has 0 aromatic carbocycles. The maximum atomic E-state index is 3.71. The fourth-order valence-electron chi connectivity index (χ4n) is 4.86. The third-order valence-electron chi connectivity index (χ3n) is 5.99. The Balaban J connectivity index is 5.18. The fourth-order valence-corrected chi connectivity index (χ4v) is 4.86. The van der Waals surface area contributed by atoms with Crippen LogP contribution in [0.4, 0.5) is 0 Å². The molecule has 0 amide bonds. The van der Waals surface area contributed by atoms with Crippen LogP contribution in [-0.4, -0.2) is 18.2 Å². The van der Waals surface area contributed by atoms with Crippen LogP contribution in [0.5, 0.6) is 0 Å². The summed E-state index contributed by atoms with van der Waals surface area (Å²) in [7, 11) is 0. The Kier molecular flexibility index (Phi) is 10.3. The second-order valence-corrected chi connectivity index (χ2v) is 10.8. The summed E-state index contributed by atoms with van der Waals surface area (Å²) >= 11 is 0. The summed E-state index contributed by atoms with van der Waals surface area (Å²) in [5.74, 6) is 0. The van der Waals surface area contributed by atoms with Gasteiger partial charge in [-0.25, -0.2) is 0 Å². The molecule has 2 heteroatoms. The standard InChI is InChI=1S/C23H50N2/c1-12-13-16-23(21(6,7)8,22(9,10)11)17-14-15-20(24-18(2)3)25-19(4)5/h18-20,24-25H,12-17H2,1-11H3. The average molecular weight is 355 g/mol. The molecule has 0 radical (unpaired) electrons. The van der Waals surface area contributed by atoms with E-state index in [9.17, 15) is 0 Å². The van der Waals surface area contributed by atoms with E-state index in [4.69, 9.17) is 0 Å². The van der Waals surface area contributed by atoms with Crippen molar-refractivity contribution in [2.24, 2.45) is 16.2 Å². The van der Waals surface area contributed by atoms with Crippen molar-refractivity contribution in [1.82, 2.24) is 10.6 Å². The minimum atomic E-state index is 0.326. The van der Waals surface area contributed by atoms with Gasteiger partial charge >= 0.3 is 0 Å². The maximum Gasteiger partial charge on any atom is 0.0575 e. The molecule has 0 saturated carbocycles. The molecule has 0 spiro atoms. The van der Waals surface area contributed by atoms with Crippen LogP contribution in [0, 0.1) is 16.2 Å². The Morgan fingerprint density at radius 2 is 1.08 bits per heavy atom. The van der Waals surface area contributed by atoms with Gasteiger partial charge in [0.05, 0.1) is 6.17 Å². The molecule has 0 fully saturated rings. The molecule has 0 saturated heterocycles. The van der Waals surface area contributed by atoms with Crippen molar-refractivity contribution in [1.29, 1.82) is 0 Å². The first-order valence-electron chi connectivity index (χ1n) is 10.8. The first-order valence-corrected chi connectivity index (χ1v) is 10.8. The van der Waals surface area contributed by atoms with Crippen molar-refractivity contribution >= 4 is 0 Å². The number of hydrogen-bond donors (Lipinski definition) is 2. The van der Waals surface area contributed by atoms with Crippen LogP contribution in [0.15, 0.2) is 0 Å². The van der Waals surface area contributed by atoms with Crippen molar-refractivity contribution in [2.75, 3.05) is 0 Å². The zero-order valence-corrected chi connectivity index (χ0v) is 19.5. The van der Waals surface area contributed by atoms with Crippen molar-refractivity contribution in [3.63, 3.8) is 0 Å². The summed E-state index contributed by atoms with van der Waals surface area (Å²) < 4.78 is 0. The van der Waals surface area contributed by atoms with Gasteiger partial charge in [-0.15, -0.1) is 0 Å². The lowest BCUT2D eigenvalue weighted by Gasteiger charge is -2.55. The van der Waals surface area contributed by atoms with Crippen molar-refractivity contribution < 1.29 is 0 Å². The Hall–Kier alpha value is -0.0800. The predicted molar refractivity (Wildman–Crippen MR) is 115 cm³/mol. The van der Waals surface area contributed by atoms with Crippen LogP contribution in [0.2, 0.25) is 0 Å². The smallest absolute Gasteiger partial charge is 0.0575 e. The van der Waals surface area contributed by atoms with Gasteiger partial charge in [-0.1, -0.05) is 61.3 Å². The summed E-state index contributed by atoms with van der Waals surface area (Å²) in [6.45, 7) is 26.1. The first kappa shape index (κ1) is 24.9. The fraction of sp³-hybridized carbons (Fsp3) is 1.00. The highest BCUT2D eigenvalue weighted by atomic mass is 15.1. The molecule has 25 heavy (non-hydrogen) atoms. The van der Waals surface area contributed by atoms with E-state index in [0.717, 1.165) is 0 Å².